The molecule has 3 heteroatoms. The molecule has 4 rings (SSSR count). The van der Waals surface area contributed by atoms with Crippen LogP contribution in [0.2, 0.25) is 0 Å². The molecule has 1 aliphatic heterocycles. The summed E-state index contributed by atoms with van der Waals surface area (Å²) in [6.07, 6.45) is 11.1. The third kappa shape index (κ3) is 2.97. The van der Waals surface area contributed by atoms with Crippen molar-refractivity contribution < 1.29 is 9.53 Å². The SMILES string of the molecule is C=CCC[C@@H]1CCc2cc([C@H]3CC[C@]4(COC(=O)N4)C3)ccc2C1. The maximum Gasteiger partial charge on any atom is 0.407 e. The van der Waals surface area contributed by atoms with Gasteiger partial charge in [-0.3, -0.25) is 0 Å². The Morgan fingerprint density at radius 1 is 1.33 bits per heavy atom. The second-order valence-electron chi connectivity index (χ2n) is 7.92. The van der Waals surface area contributed by atoms with Gasteiger partial charge in [0.25, 0.3) is 0 Å². The van der Waals surface area contributed by atoms with Gasteiger partial charge in [-0.1, -0.05) is 24.3 Å². The number of allylic oxidation sites excluding steroid dienone is 1. The Balaban J connectivity index is 1.45. The first-order valence-electron chi connectivity index (χ1n) is 9.35. The lowest BCUT2D eigenvalue weighted by molar-refractivity contribution is 0.172. The van der Waals surface area contributed by atoms with Crippen molar-refractivity contribution in [2.75, 3.05) is 6.61 Å². The molecule has 2 fully saturated rings. The molecule has 3 nitrogen and oxygen atoms in total. The Labute approximate surface area is 144 Å². The number of hydrogen-bond donors (Lipinski definition) is 1. The van der Waals surface area contributed by atoms with E-state index in [0.29, 0.717) is 12.5 Å². The summed E-state index contributed by atoms with van der Waals surface area (Å²) < 4.78 is 5.15. The van der Waals surface area contributed by atoms with Gasteiger partial charge in [-0.05, 0) is 79.9 Å². The van der Waals surface area contributed by atoms with Crippen molar-refractivity contribution in [3.8, 4) is 0 Å². The van der Waals surface area contributed by atoms with Gasteiger partial charge in [0.05, 0.1) is 5.54 Å². The second-order valence-corrected chi connectivity index (χ2v) is 7.92. The van der Waals surface area contributed by atoms with Crippen molar-refractivity contribution in [2.24, 2.45) is 5.92 Å². The Morgan fingerprint density at radius 2 is 2.25 bits per heavy atom. The minimum Gasteiger partial charge on any atom is -0.447 e. The average Bonchev–Trinajstić information content (AvgIpc) is 3.18. The van der Waals surface area contributed by atoms with Gasteiger partial charge in [0.2, 0.25) is 0 Å². The summed E-state index contributed by atoms with van der Waals surface area (Å²) in [5, 5.41) is 3.05. The van der Waals surface area contributed by atoms with Crippen LogP contribution in [0.15, 0.2) is 30.9 Å². The molecule has 0 aromatic heterocycles. The van der Waals surface area contributed by atoms with Crippen LogP contribution < -0.4 is 5.32 Å². The van der Waals surface area contributed by atoms with Gasteiger partial charge in [-0.25, -0.2) is 4.79 Å². The normalized spacial score (nSPS) is 31.6. The Bertz CT molecular complexity index is 653. The predicted octanol–water partition coefficient (Wildman–Crippen LogP) is 4.50. The fourth-order valence-electron chi connectivity index (χ4n) is 4.85. The minimum absolute atomic E-state index is 0.104. The predicted molar refractivity (Wildman–Crippen MR) is 95.2 cm³/mol. The molecule has 1 amide bonds. The van der Waals surface area contributed by atoms with Crippen LogP contribution in [-0.2, 0) is 17.6 Å². The fraction of sp³-hybridized carbons (Fsp3) is 0.571. The van der Waals surface area contributed by atoms with Crippen molar-refractivity contribution in [1.82, 2.24) is 5.32 Å². The first kappa shape index (κ1) is 15.7. The molecule has 3 atom stereocenters. The van der Waals surface area contributed by atoms with Crippen LogP contribution in [0.25, 0.3) is 0 Å². The molecule has 0 radical (unpaired) electrons. The molecule has 1 heterocycles. The molecule has 1 spiro atoms. The number of nitrogens with one attached hydrogen (secondary N) is 1. The molecule has 0 unspecified atom stereocenters. The van der Waals surface area contributed by atoms with E-state index in [9.17, 15) is 4.79 Å². The molecular weight excluding hydrogens is 298 g/mol. The van der Waals surface area contributed by atoms with Gasteiger partial charge in [0.15, 0.2) is 0 Å². The van der Waals surface area contributed by atoms with Gasteiger partial charge < -0.3 is 10.1 Å². The van der Waals surface area contributed by atoms with Crippen LogP contribution in [0, 0.1) is 5.92 Å². The number of rotatable bonds is 4. The van der Waals surface area contributed by atoms with Crippen molar-refractivity contribution in [3.05, 3.63) is 47.5 Å². The highest BCUT2D eigenvalue weighted by atomic mass is 16.6. The summed E-state index contributed by atoms with van der Waals surface area (Å²) in [5.41, 5.74) is 4.45. The lowest BCUT2D eigenvalue weighted by Crippen LogP contribution is -2.40. The Morgan fingerprint density at radius 3 is 3.04 bits per heavy atom. The molecule has 1 saturated carbocycles. The quantitative estimate of drug-likeness (QED) is 0.828. The highest BCUT2D eigenvalue weighted by Gasteiger charge is 2.46. The summed E-state index contributed by atoms with van der Waals surface area (Å²) >= 11 is 0. The van der Waals surface area contributed by atoms with Gasteiger partial charge >= 0.3 is 6.09 Å². The number of cyclic esters (lactones) is 1. The standard InChI is InChI=1S/C21H27NO2/c1-2-3-4-15-5-6-17-12-18(8-7-16(17)11-15)19-9-10-21(13-19)14-24-20(23)22-21/h2,7-8,12,15,19H,1,3-6,9-11,13-14H2,(H,22,23)/t15-,19+,21-/m1/s1. The summed E-state index contributed by atoms with van der Waals surface area (Å²) in [6.45, 7) is 4.38. The molecule has 2 aliphatic carbocycles. The zero-order chi connectivity index (χ0) is 16.6. The third-order valence-electron chi connectivity index (χ3n) is 6.27. The van der Waals surface area contributed by atoms with Crippen LogP contribution in [0.4, 0.5) is 4.79 Å². The van der Waals surface area contributed by atoms with Crippen molar-refractivity contribution in [3.63, 3.8) is 0 Å². The molecule has 3 aliphatic rings. The number of carbonyl (C=O) groups is 1. The number of ether oxygens (including phenoxy) is 1. The van der Waals surface area contributed by atoms with Gasteiger partial charge in [-0.2, -0.15) is 0 Å². The zero-order valence-corrected chi connectivity index (χ0v) is 14.4. The topological polar surface area (TPSA) is 38.3 Å². The van der Waals surface area contributed by atoms with Gasteiger partial charge in [0.1, 0.15) is 6.61 Å². The maximum atomic E-state index is 11.4. The largest absolute Gasteiger partial charge is 0.447 e. The second kappa shape index (κ2) is 6.27. The van der Waals surface area contributed by atoms with E-state index in [2.05, 4.69) is 30.1 Å². The van der Waals surface area contributed by atoms with Crippen LogP contribution >= 0.6 is 0 Å². The summed E-state index contributed by atoms with van der Waals surface area (Å²) in [4.78, 5) is 11.4. The monoisotopic (exact) mass is 325 g/mol. The molecule has 1 aromatic rings. The van der Waals surface area contributed by atoms with Gasteiger partial charge in [-0.15, -0.1) is 6.58 Å². The number of benzene rings is 1. The minimum atomic E-state index is -0.244. The molecule has 128 valence electrons. The number of aryl methyl sites for hydroxylation is 1. The van der Waals surface area contributed by atoms with E-state index in [1.165, 1.54) is 31.2 Å². The van der Waals surface area contributed by atoms with E-state index < -0.39 is 0 Å². The molecule has 24 heavy (non-hydrogen) atoms. The average molecular weight is 325 g/mol. The van der Waals surface area contributed by atoms with Gasteiger partial charge in [0, 0.05) is 0 Å². The summed E-state index contributed by atoms with van der Waals surface area (Å²) in [6, 6.07) is 7.13. The zero-order valence-electron chi connectivity index (χ0n) is 14.4. The van der Waals surface area contributed by atoms with Crippen LogP contribution in [0.5, 0.6) is 0 Å². The molecular formula is C21H27NO2. The summed E-state index contributed by atoms with van der Waals surface area (Å²) in [7, 11) is 0. The van der Waals surface area contributed by atoms with Crippen LogP contribution in [0.1, 0.15) is 61.1 Å². The number of carbonyl (C=O) groups excluding carboxylic acids is 1. The van der Waals surface area contributed by atoms with E-state index in [1.54, 1.807) is 11.1 Å². The van der Waals surface area contributed by atoms with Crippen LogP contribution in [-0.4, -0.2) is 18.2 Å². The number of fused-ring (bicyclic) bond motifs is 1. The fourth-order valence-corrected chi connectivity index (χ4v) is 4.85. The highest BCUT2D eigenvalue weighted by molar-refractivity contribution is 5.70. The number of hydrogen-bond acceptors (Lipinski definition) is 2. The molecule has 1 saturated heterocycles. The molecule has 1 aromatic carbocycles. The van der Waals surface area contributed by atoms with Crippen LogP contribution in [0.3, 0.4) is 0 Å². The molecule has 1 N–H and O–H groups in total. The van der Waals surface area contributed by atoms with E-state index in [1.807, 2.05) is 6.08 Å². The van der Waals surface area contributed by atoms with Crippen molar-refractivity contribution in [1.29, 1.82) is 0 Å². The van der Waals surface area contributed by atoms with E-state index in [-0.39, 0.29) is 11.6 Å². The number of amides is 1. The number of alkyl carbamates (subject to hydrolysis) is 1. The Hall–Kier alpha value is -1.77. The molecule has 0 bridgehead atoms. The van der Waals surface area contributed by atoms with Crippen molar-refractivity contribution in [2.45, 2.75) is 62.8 Å². The smallest absolute Gasteiger partial charge is 0.407 e. The first-order valence-corrected chi connectivity index (χ1v) is 9.35. The van der Waals surface area contributed by atoms with E-state index in [0.717, 1.165) is 31.6 Å². The van der Waals surface area contributed by atoms with Crippen molar-refractivity contribution >= 4 is 6.09 Å². The van der Waals surface area contributed by atoms with E-state index in [4.69, 9.17) is 4.74 Å². The highest BCUT2D eigenvalue weighted by Crippen LogP contribution is 2.43. The maximum absolute atomic E-state index is 11.4. The lowest BCUT2D eigenvalue weighted by Gasteiger charge is -2.26. The first-order chi connectivity index (χ1) is 11.7. The summed E-state index contributed by atoms with van der Waals surface area (Å²) in [5.74, 6) is 1.37. The third-order valence-corrected chi connectivity index (χ3v) is 6.27. The lowest BCUT2D eigenvalue weighted by atomic mass is 9.80. The Kier molecular flexibility index (Phi) is 4.11. The van der Waals surface area contributed by atoms with E-state index >= 15 is 0 Å².